The topological polar surface area (TPSA) is 69.7 Å². The highest BCUT2D eigenvalue weighted by Crippen LogP contribution is 2.39. The predicted molar refractivity (Wildman–Crippen MR) is 162 cm³/mol. The van der Waals surface area contributed by atoms with Gasteiger partial charge in [0, 0.05) is 42.5 Å². The van der Waals surface area contributed by atoms with Crippen molar-refractivity contribution >= 4 is 29.1 Å². The normalized spacial score (nSPS) is 17.0. The lowest BCUT2D eigenvalue weighted by atomic mass is 10.0. The van der Waals surface area contributed by atoms with E-state index in [1.807, 2.05) is 47.4 Å². The van der Waals surface area contributed by atoms with Crippen LogP contribution in [-0.2, 0) is 6.54 Å². The van der Waals surface area contributed by atoms with Crippen LogP contribution in [0, 0.1) is 5.92 Å². The average molecular weight is 585 g/mol. The van der Waals surface area contributed by atoms with Gasteiger partial charge in [-0.2, -0.15) is 0 Å². The highest BCUT2D eigenvalue weighted by Gasteiger charge is 2.31. The molecule has 41 heavy (non-hydrogen) atoms. The molecule has 0 saturated carbocycles. The molecule has 0 aliphatic carbocycles. The lowest BCUT2D eigenvalue weighted by Gasteiger charge is -2.27. The second-order valence-corrected chi connectivity index (χ2v) is 10.6. The van der Waals surface area contributed by atoms with Crippen molar-refractivity contribution in [1.82, 2.24) is 9.80 Å². The van der Waals surface area contributed by atoms with Gasteiger partial charge in [0.15, 0.2) is 23.0 Å². The van der Waals surface area contributed by atoms with Gasteiger partial charge in [0.05, 0.1) is 35.0 Å². The molecule has 0 bridgehead atoms. The number of fused-ring (bicyclic) bond motifs is 2. The Kier molecular flexibility index (Phi) is 10.5. The fourth-order valence-corrected chi connectivity index (χ4v) is 6.07. The van der Waals surface area contributed by atoms with E-state index in [-0.39, 0.29) is 18.3 Å². The quantitative estimate of drug-likeness (QED) is 0.263. The smallest absolute Gasteiger partial charge is 0.254 e. The second-order valence-electron chi connectivity index (χ2n) is 10.6. The highest BCUT2D eigenvalue weighted by molar-refractivity contribution is 5.99. The lowest BCUT2D eigenvalue weighted by molar-refractivity contribution is 0.0735. The van der Waals surface area contributed by atoms with E-state index < -0.39 is 0 Å². The van der Waals surface area contributed by atoms with Gasteiger partial charge in [-0.3, -0.25) is 4.79 Å². The molecule has 0 spiro atoms. The van der Waals surface area contributed by atoms with Crippen molar-refractivity contribution in [3.8, 4) is 28.7 Å². The van der Waals surface area contributed by atoms with Gasteiger partial charge in [-0.1, -0.05) is 18.6 Å². The van der Waals surface area contributed by atoms with Crippen LogP contribution in [0.1, 0.15) is 41.6 Å². The third kappa shape index (κ3) is 6.60. The zero-order valence-electron chi connectivity index (χ0n) is 24.4. The fraction of sp³-hybridized carbons (Fsp3) is 0.469. The van der Waals surface area contributed by atoms with E-state index in [1.165, 1.54) is 12.8 Å². The summed E-state index contributed by atoms with van der Waals surface area (Å²) >= 11 is 0. The Morgan fingerprint density at radius 2 is 1.63 bits per heavy atom. The van der Waals surface area contributed by atoms with Gasteiger partial charge in [0.1, 0.15) is 5.75 Å². The monoisotopic (exact) mass is 584 g/mol. The van der Waals surface area contributed by atoms with Gasteiger partial charge in [0.2, 0.25) is 0 Å². The molecule has 2 aliphatic heterocycles. The van der Waals surface area contributed by atoms with Gasteiger partial charge < -0.3 is 33.5 Å². The summed E-state index contributed by atoms with van der Waals surface area (Å²) in [5.74, 6) is 4.09. The number of hydrogen-bond donors (Lipinski definition) is 0. The van der Waals surface area contributed by atoms with E-state index in [0.717, 1.165) is 72.4 Å². The van der Waals surface area contributed by atoms with Crippen LogP contribution in [0.4, 0.5) is 0 Å². The van der Waals surface area contributed by atoms with Gasteiger partial charge in [0.25, 0.3) is 5.91 Å². The summed E-state index contributed by atoms with van der Waals surface area (Å²) in [6.45, 7) is 5.09. The van der Waals surface area contributed by atoms with Crippen molar-refractivity contribution in [1.29, 1.82) is 0 Å². The molecular weight excluding hydrogens is 544 g/mol. The van der Waals surface area contributed by atoms with Gasteiger partial charge in [-0.25, -0.2) is 0 Å². The Hall–Kier alpha value is -3.36. The number of hydrogen-bond acceptors (Lipinski definition) is 7. The summed E-state index contributed by atoms with van der Waals surface area (Å²) in [7, 11) is 6.53. The molecule has 0 N–H and O–H groups in total. The van der Waals surface area contributed by atoms with Crippen molar-refractivity contribution in [2.75, 3.05) is 61.2 Å². The number of methoxy groups -OCH3 is 4. The van der Waals surface area contributed by atoms with Crippen molar-refractivity contribution in [2.24, 2.45) is 5.92 Å². The summed E-state index contributed by atoms with van der Waals surface area (Å²) in [6, 6.07) is 13.7. The first-order chi connectivity index (χ1) is 19.6. The summed E-state index contributed by atoms with van der Waals surface area (Å²) in [4.78, 5) is 17.7. The minimum atomic E-state index is 0. The minimum absolute atomic E-state index is 0. The van der Waals surface area contributed by atoms with Crippen LogP contribution in [0.25, 0.3) is 10.8 Å². The summed E-state index contributed by atoms with van der Waals surface area (Å²) in [6.07, 6.45) is 4.45. The van der Waals surface area contributed by atoms with E-state index in [0.29, 0.717) is 36.3 Å². The van der Waals surface area contributed by atoms with Crippen molar-refractivity contribution in [3.05, 3.63) is 53.6 Å². The Morgan fingerprint density at radius 1 is 0.854 bits per heavy atom. The number of carbonyl (C=O) groups is 1. The van der Waals surface area contributed by atoms with E-state index in [9.17, 15) is 4.79 Å². The molecule has 0 radical (unpaired) electrons. The standard InChI is InChI=1S/C32H40N2O6.ClH/c1-36-28-13-12-24-25(31(28)39-4)10-7-11-27(24)40-16-8-15-33-14-6-5-9-22(19-33)20-34-21-23-17-29(37-2)30(38-3)18-26(23)32(34)35;/h7,10-13,17-18,22H,5-6,8-9,14-16,19-21H2,1-4H3;1H. The first kappa shape index (κ1) is 30.6. The third-order valence-electron chi connectivity index (χ3n) is 8.06. The average Bonchev–Trinajstić information content (AvgIpc) is 3.12. The molecule has 0 aromatic heterocycles. The molecule has 1 unspecified atom stereocenters. The molecule has 8 nitrogen and oxygen atoms in total. The van der Waals surface area contributed by atoms with Crippen molar-refractivity contribution < 1.29 is 28.5 Å². The maximum Gasteiger partial charge on any atom is 0.254 e. The molecule has 2 heterocycles. The van der Waals surface area contributed by atoms with Crippen molar-refractivity contribution in [3.63, 3.8) is 0 Å². The highest BCUT2D eigenvalue weighted by atomic mass is 35.5. The zero-order chi connectivity index (χ0) is 28.1. The molecule has 1 atom stereocenters. The van der Waals surface area contributed by atoms with Crippen LogP contribution in [0.5, 0.6) is 28.7 Å². The summed E-state index contributed by atoms with van der Waals surface area (Å²) < 4.78 is 28.2. The fourth-order valence-electron chi connectivity index (χ4n) is 6.07. The van der Waals surface area contributed by atoms with Gasteiger partial charge >= 0.3 is 0 Å². The maximum absolute atomic E-state index is 13.2. The number of halogens is 1. The molecule has 9 heteroatoms. The summed E-state index contributed by atoms with van der Waals surface area (Å²) in [5.41, 5.74) is 1.74. The number of rotatable bonds is 11. The molecule has 2 aliphatic rings. The van der Waals surface area contributed by atoms with Crippen molar-refractivity contribution in [2.45, 2.75) is 32.2 Å². The Labute approximate surface area is 248 Å². The van der Waals surface area contributed by atoms with E-state index in [1.54, 1.807) is 28.4 Å². The Morgan fingerprint density at radius 3 is 2.39 bits per heavy atom. The molecule has 222 valence electrons. The SMILES string of the molecule is COc1cc2c(cc1OC)C(=O)N(CC1CCCCN(CCCOc3cccc4c(OC)c(OC)ccc34)C1)C2.Cl. The number of benzene rings is 3. The van der Waals surface area contributed by atoms with Crippen LogP contribution in [0.3, 0.4) is 0 Å². The Bertz CT molecular complexity index is 1350. The maximum atomic E-state index is 13.2. The second kappa shape index (κ2) is 14.0. The van der Waals surface area contributed by atoms with E-state index in [2.05, 4.69) is 4.90 Å². The number of ether oxygens (including phenoxy) is 5. The van der Waals surface area contributed by atoms with E-state index >= 15 is 0 Å². The number of amides is 1. The van der Waals surface area contributed by atoms with Crippen LogP contribution < -0.4 is 23.7 Å². The van der Waals surface area contributed by atoms with Crippen LogP contribution in [0.15, 0.2) is 42.5 Å². The van der Waals surface area contributed by atoms with Crippen LogP contribution in [0.2, 0.25) is 0 Å². The molecule has 1 fully saturated rings. The molecule has 1 saturated heterocycles. The van der Waals surface area contributed by atoms with Crippen LogP contribution in [-0.4, -0.2) is 76.9 Å². The Balaban J connectivity index is 0.00000387. The first-order valence-electron chi connectivity index (χ1n) is 14.1. The van der Waals surface area contributed by atoms with Gasteiger partial charge in [-0.15, -0.1) is 12.4 Å². The first-order valence-corrected chi connectivity index (χ1v) is 14.1. The number of nitrogens with zero attached hydrogens (tertiary/aromatic N) is 2. The van der Waals surface area contributed by atoms with Crippen LogP contribution >= 0.6 is 12.4 Å². The molecule has 5 rings (SSSR count). The zero-order valence-corrected chi connectivity index (χ0v) is 25.3. The van der Waals surface area contributed by atoms with E-state index in [4.69, 9.17) is 23.7 Å². The largest absolute Gasteiger partial charge is 0.493 e. The third-order valence-corrected chi connectivity index (χ3v) is 8.06. The molecular formula is C32H41ClN2O6. The molecule has 3 aromatic rings. The minimum Gasteiger partial charge on any atom is -0.493 e. The van der Waals surface area contributed by atoms with Gasteiger partial charge in [-0.05, 0) is 67.6 Å². The predicted octanol–water partition coefficient (Wildman–Crippen LogP) is 5.82. The molecule has 1 amide bonds. The number of likely N-dealkylation sites (tertiary alicyclic amines) is 1. The number of carbonyl (C=O) groups excluding carboxylic acids is 1. The molecule has 3 aromatic carbocycles. The summed E-state index contributed by atoms with van der Waals surface area (Å²) in [5, 5.41) is 1.99. The lowest BCUT2D eigenvalue weighted by Crippen LogP contribution is -2.36.